The number of hydrogen-bond acceptors (Lipinski definition) is 4. The molecule has 1 N–H and O–H groups in total. The average molecular weight is 299 g/mol. The molecule has 0 atom stereocenters. The second kappa shape index (κ2) is 6.26. The van der Waals surface area contributed by atoms with Crippen LogP contribution in [0.5, 0.6) is 0 Å². The van der Waals surface area contributed by atoms with Gasteiger partial charge in [-0.05, 0) is 50.1 Å². The zero-order chi connectivity index (χ0) is 14.7. The first-order valence-corrected chi connectivity index (χ1v) is 8.28. The van der Waals surface area contributed by atoms with Crippen LogP contribution >= 0.6 is 11.8 Å². The Morgan fingerprint density at radius 3 is 2.95 bits per heavy atom. The molecule has 1 aliphatic rings. The normalized spacial score (nSPS) is 13.6. The van der Waals surface area contributed by atoms with Crippen LogP contribution in [0.3, 0.4) is 0 Å². The van der Waals surface area contributed by atoms with Gasteiger partial charge in [0.1, 0.15) is 12.0 Å². The number of aromatic nitrogens is 2. The van der Waals surface area contributed by atoms with Gasteiger partial charge in [0, 0.05) is 21.8 Å². The summed E-state index contributed by atoms with van der Waals surface area (Å²) in [4.78, 5) is 22.1. The second-order valence-electron chi connectivity index (χ2n) is 5.04. The molecule has 0 radical (unpaired) electrons. The van der Waals surface area contributed by atoms with Crippen molar-refractivity contribution in [1.29, 1.82) is 0 Å². The lowest BCUT2D eigenvalue weighted by atomic mass is 9.94. The van der Waals surface area contributed by atoms with Gasteiger partial charge in [-0.3, -0.25) is 4.79 Å². The molecule has 5 heteroatoms. The van der Waals surface area contributed by atoms with Gasteiger partial charge in [-0.15, -0.1) is 11.8 Å². The van der Waals surface area contributed by atoms with E-state index in [-0.39, 0.29) is 5.91 Å². The van der Waals surface area contributed by atoms with E-state index in [9.17, 15) is 4.79 Å². The minimum atomic E-state index is -0.145. The SMILES string of the molecule is CSc1cccc(NC(=O)c2ncnc3c2CCCC3)c1. The largest absolute Gasteiger partial charge is 0.321 e. The molecule has 2 aromatic rings. The summed E-state index contributed by atoms with van der Waals surface area (Å²) < 4.78 is 0. The van der Waals surface area contributed by atoms with E-state index in [2.05, 4.69) is 15.3 Å². The van der Waals surface area contributed by atoms with Crippen molar-refractivity contribution in [3.8, 4) is 0 Å². The third-order valence-electron chi connectivity index (χ3n) is 3.67. The maximum atomic E-state index is 12.5. The number of fused-ring (bicyclic) bond motifs is 1. The molecule has 1 amide bonds. The summed E-state index contributed by atoms with van der Waals surface area (Å²) in [5.74, 6) is -0.145. The number of hydrogen-bond donors (Lipinski definition) is 1. The van der Waals surface area contributed by atoms with Crippen molar-refractivity contribution in [2.24, 2.45) is 0 Å². The minimum Gasteiger partial charge on any atom is -0.321 e. The Balaban J connectivity index is 1.85. The van der Waals surface area contributed by atoms with Crippen molar-refractivity contribution in [1.82, 2.24) is 9.97 Å². The summed E-state index contributed by atoms with van der Waals surface area (Å²) >= 11 is 1.65. The van der Waals surface area contributed by atoms with Gasteiger partial charge >= 0.3 is 0 Å². The first kappa shape index (κ1) is 14.1. The van der Waals surface area contributed by atoms with Gasteiger partial charge in [0.15, 0.2) is 0 Å². The van der Waals surface area contributed by atoms with Crippen LogP contribution < -0.4 is 5.32 Å². The lowest BCUT2D eigenvalue weighted by molar-refractivity contribution is 0.102. The molecule has 1 heterocycles. The molecule has 1 aromatic heterocycles. The smallest absolute Gasteiger partial charge is 0.274 e. The van der Waals surface area contributed by atoms with E-state index in [4.69, 9.17) is 0 Å². The van der Waals surface area contributed by atoms with Crippen molar-refractivity contribution in [2.75, 3.05) is 11.6 Å². The lowest BCUT2D eigenvalue weighted by Gasteiger charge is -2.17. The molecule has 0 unspecified atom stereocenters. The van der Waals surface area contributed by atoms with Gasteiger partial charge in [-0.2, -0.15) is 0 Å². The highest BCUT2D eigenvalue weighted by atomic mass is 32.2. The molecule has 0 bridgehead atoms. The van der Waals surface area contributed by atoms with Gasteiger partial charge in [0.25, 0.3) is 5.91 Å². The number of thioether (sulfide) groups is 1. The number of anilines is 1. The first-order chi connectivity index (χ1) is 10.3. The van der Waals surface area contributed by atoms with Crippen LogP contribution in [-0.4, -0.2) is 22.1 Å². The van der Waals surface area contributed by atoms with Crippen LogP contribution in [0.25, 0.3) is 0 Å². The number of nitrogens with one attached hydrogen (secondary N) is 1. The van der Waals surface area contributed by atoms with E-state index in [0.717, 1.165) is 47.5 Å². The molecule has 0 aliphatic heterocycles. The molecule has 0 saturated carbocycles. The predicted molar refractivity (Wildman–Crippen MR) is 84.9 cm³/mol. The van der Waals surface area contributed by atoms with Gasteiger partial charge < -0.3 is 5.32 Å². The Morgan fingerprint density at radius 2 is 2.10 bits per heavy atom. The first-order valence-electron chi connectivity index (χ1n) is 7.06. The minimum absolute atomic E-state index is 0.145. The van der Waals surface area contributed by atoms with Gasteiger partial charge in [0.2, 0.25) is 0 Å². The number of rotatable bonds is 3. The molecule has 1 aromatic carbocycles. The van der Waals surface area contributed by atoms with Gasteiger partial charge in [-0.1, -0.05) is 6.07 Å². The fourth-order valence-electron chi connectivity index (χ4n) is 2.61. The molecule has 3 rings (SSSR count). The highest BCUT2D eigenvalue weighted by molar-refractivity contribution is 7.98. The van der Waals surface area contributed by atoms with E-state index in [1.807, 2.05) is 30.5 Å². The van der Waals surface area contributed by atoms with E-state index in [0.29, 0.717) is 5.69 Å². The summed E-state index contributed by atoms with van der Waals surface area (Å²) in [7, 11) is 0. The third-order valence-corrected chi connectivity index (χ3v) is 4.39. The average Bonchev–Trinajstić information content (AvgIpc) is 2.54. The lowest BCUT2D eigenvalue weighted by Crippen LogP contribution is -2.20. The highest BCUT2D eigenvalue weighted by Crippen LogP contribution is 2.23. The van der Waals surface area contributed by atoms with Crippen molar-refractivity contribution in [2.45, 2.75) is 30.6 Å². The molecule has 108 valence electrons. The molecular formula is C16H17N3OS. The molecule has 0 saturated heterocycles. The molecule has 21 heavy (non-hydrogen) atoms. The number of amides is 1. The van der Waals surface area contributed by atoms with Crippen LogP contribution in [0.4, 0.5) is 5.69 Å². The van der Waals surface area contributed by atoms with Crippen molar-refractivity contribution in [3.05, 3.63) is 47.5 Å². The van der Waals surface area contributed by atoms with Gasteiger partial charge in [0.05, 0.1) is 0 Å². The predicted octanol–water partition coefficient (Wildman–Crippen LogP) is 3.33. The van der Waals surface area contributed by atoms with Crippen LogP contribution in [0.2, 0.25) is 0 Å². The summed E-state index contributed by atoms with van der Waals surface area (Å²) in [6.45, 7) is 0. The topological polar surface area (TPSA) is 54.9 Å². The maximum absolute atomic E-state index is 12.5. The second-order valence-corrected chi connectivity index (χ2v) is 5.92. The van der Waals surface area contributed by atoms with E-state index >= 15 is 0 Å². The summed E-state index contributed by atoms with van der Waals surface area (Å²) in [5.41, 5.74) is 3.37. The molecular weight excluding hydrogens is 282 g/mol. The standard InChI is InChI=1S/C16H17N3OS/c1-21-12-6-4-5-11(9-12)19-16(20)15-13-7-2-3-8-14(13)17-10-18-15/h4-6,9-10H,2-3,7-8H2,1H3,(H,19,20). The highest BCUT2D eigenvalue weighted by Gasteiger charge is 2.20. The number of benzene rings is 1. The van der Waals surface area contributed by atoms with E-state index < -0.39 is 0 Å². The number of carbonyl (C=O) groups is 1. The van der Waals surface area contributed by atoms with Crippen LogP contribution in [-0.2, 0) is 12.8 Å². The monoisotopic (exact) mass is 299 g/mol. The Hall–Kier alpha value is -1.88. The molecule has 4 nitrogen and oxygen atoms in total. The van der Waals surface area contributed by atoms with Crippen LogP contribution in [0.15, 0.2) is 35.5 Å². The van der Waals surface area contributed by atoms with E-state index in [1.54, 1.807) is 11.8 Å². The summed E-state index contributed by atoms with van der Waals surface area (Å²) in [6, 6.07) is 7.82. The quantitative estimate of drug-likeness (QED) is 0.883. The van der Waals surface area contributed by atoms with Crippen molar-refractivity contribution < 1.29 is 4.79 Å². The Bertz CT molecular complexity index is 672. The number of aryl methyl sites for hydroxylation is 1. The molecule has 1 aliphatic carbocycles. The fraction of sp³-hybridized carbons (Fsp3) is 0.312. The van der Waals surface area contributed by atoms with E-state index in [1.165, 1.54) is 6.33 Å². The fourth-order valence-corrected chi connectivity index (χ4v) is 3.07. The van der Waals surface area contributed by atoms with Crippen molar-refractivity contribution >= 4 is 23.4 Å². The number of carbonyl (C=O) groups excluding carboxylic acids is 1. The molecule has 0 fully saturated rings. The molecule has 0 spiro atoms. The third kappa shape index (κ3) is 3.08. The maximum Gasteiger partial charge on any atom is 0.274 e. The summed E-state index contributed by atoms with van der Waals surface area (Å²) in [6.07, 6.45) is 7.59. The number of nitrogens with zero attached hydrogens (tertiary/aromatic N) is 2. The van der Waals surface area contributed by atoms with Crippen LogP contribution in [0, 0.1) is 0 Å². The van der Waals surface area contributed by atoms with Gasteiger partial charge in [-0.25, -0.2) is 9.97 Å². The Kier molecular flexibility index (Phi) is 4.20. The zero-order valence-corrected chi connectivity index (χ0v) is 12.7. The Labute approximate surface area is 128 Å². The van der Waals surface area contributed by atoms with Crippen molar-refractivity contribution in [3.63, 3.8) is 0 Å². The zero-order valence-electron chi connectivity index (χ0n) is 11.9. The summed E-state index contributed by atoms with van der Waals surface area (Å²) in [5, 5.41) is 2.94. The Morgan fingerprint density at radius 1 is 1.24 bits per heavy atom. The van der Waals surface area contributed by atoms with Crippen LogP contribution in [0.1, 0.15) is 34.6 Å².